The van der Waals surface area contributed by atoms with Crippen LogP contribution in [0, 0.1) is 0 Å². The molecule has 3 nitrogen and oxygen atoms in total. The number of benzene rings is 1. The molecule has 0 aliphatic rings. The minimum atomic E-state index is 0.249. The van der Waals surface area contributed by atoms with Gasteiger partial charge >= 0.3 is 0 Å². The highest BCUT2D eigenvalue weighted by atomic mass is 16.5. The Labute approximate surface area is 110 Å². The van der Waals surface area contributed by atoms with Gasteiger partial charge in [0.25, 0.3) is 0 Å². The van der Waals surface area contributed by atoms with Crippen LogP contribution in [0.1, 0.15) is 30.5 Å². The van der Waals surface area contributed by atoms with E-state index in [-0.39, 0.29) is 6.04 Å². The molecule has 1 unspecified atom stereocenters. The molecule has 0 fully saturated rings. The Hall–Kier alpha value is -0.900. The molecule has 0 heterocycles. The van der Waals surface area contributed by atoms with Gasteiger partial charge in [-0.15, -0.1) is 0 Å². The Balaban J connectivity index is 2.54. The molecule has 0 amide bonds. The third kappa shape index (κ3) is 5.17. The Morgan fingerprint density at radius 2 is 2.11 bits per heavy atom. The van der Waals surface area contributed by atoms with Crippen molar-refractivity contribution in [1.29, 1.82) is 0 Å². The smallest absolute Gasteiger partial charge is 0.0701 e. The molecule has 1 N–H and O–H groups in total. The van der Waals surface area contributed by atoms with E-state index in [1.807, 2.05) is 7.05 Å². The number of methoxy groups -OCH3 is 1. The molecule has 0 bridgehead atoms. The van der Waals surface area contributed by atoms with Crippen LogP contribution in [-0.4, -0.2) is 34.0 Å². The first-order chi connectivity index (χ1) is 8.81. The molecule has 1 aromatic carbocycles. The van der Waals surface area contributed by atoms with Gasteiger partial charge in [-0.25, -0.2) is 0 Å². The fraction of sp³-hybridized carbons (Fsp3) is 0.600. The lowest BCUT2D eigenvalue weighted by Crippen LogP contribution is -2.22. The van der Waals surface area contributed by atoms with Gasteiger partial charge in [-0.2, -0.15) is 0 Å². The second kappa shape index (κ2) is 9.09. The van der Waals surface area contributed by atoms with Crippen LogP contribution in [0.25, 0.3) is 0 Å². The lowest BCUT2D eigenvalue weighted by molar-refractivity contribution is 0.0596. The van der Waals surface area contributed by atoms with Gasteiger partial charge < -0.3 is 14.8 Å². The number of hydrogen-bond donors (Lipinski definition) is 1. The van der Waals surface area contributed by atoms with E-state index in [0.717, 1.165) is 6.42 Å². The lowest BCUT2D eigenvalue weighted by atomic mass is 10.0. The molecule has 1 aromatic rings. The highest BCUT2D eigenvalue weighted by Gasteiger charge is 2.09. The summed E-state index contributed by atoms with van der Waals surface area (Å²) in [4.78, 5) is 0. The second-order valence-corrected chi connectivity index (χ2v) is 4.40. The van der Waals surface area contributed by atoms with Gasteiger partial charge in [-0.3, -0.25) is 0 Å². The molecule has 0 aliphatic heterocycles. The SMILES string of the molecule is CCCc1cccc(C(COCCOC)NC)c1. The summed E-state index contributed by atoms with van der Waals surface area (Å²) in [5.74, 6) is 0. The predicted octanol–water partition coefficient (Wildman–Crippen LogP) is 2.56. The lowest BCUT2D eigenvalue weighted by Gasteiger charge is -2.17. The van der Waals surface area contributed by atoms with E-state index in [4.69, 9.17) is 9.47 Å². The Morgan fingerprint density at radius 3 is 2.78 bits per heavy atom. The van der Waals surface area contributed by atoms with Crippen LogP contribution in [0.15, 0.2) is 24.3 Å². The topological polar surface area (TPSA) is 30.5 Å². The van der Waals surface area contributed by atoms with Crippen molar-refractivity contribution < 1.29 is 9.47 Å². The van der Waals surface area contributed by atoms with Gasteiger partial charge in [0.1, 0.15) is 0 Å². The van der Waals surface area contributed by atoms with Gasteiger partial charge in [0, 0.05) is 7.11 Å². The molecular weight excluding hydrogens is 226 g/mol. The number of aryl methyl sites for hydroxylation is 1. The summed E-state index contributed by atoms with van der Waals surface area (Å²) in [5, 5.41) is 3.30. The first kappa shape index (κ1) is 15.2. The zero-order chi connectivity index (χ0) is 13.2. The molecule has 0 aliphatic carbocycles. The number of nitrogens with one attached hydrogen (secondary N) is 1. The zero-order valence-electron chi connectivity index (χ0n) is 11.7. The van der Waals surface area contributed by atoms with E-state index in [1.54, 1.807) is 7.11 Å². The van der Waals surface area contributed by atoms with E-state index in [9.17, 15) is 0 Å². The summed E-state index contributed by atoms with van der Waals surface area (Å²) < 4.78 is 10.6. The fourth-order valence-corrected chi connectivity index (χ4v) is 1.94. The van der Waals surface area contributed by atoms with Crippen LogP contribution in [0.3, 0.4) is 0 Å². The normalized spacial score (nSPS) is 12.6. The highest BCUT2D eigenvalue weighted by Crippen LogP contribution is 2.16. The van der Waals surface area contributed by atoms with Gasteiger partial charge in [0.2, 0.25) is 0 Å². The summed E-state index contributed by atoms with van der Waals surface area (Å²) in [5.41, 5.74) is 2.69. The van der Waals surface area contributed by atoms with Crippen molar-refractivity contribution in [3.05, 3.63) is 35.4 Å². The molecule has 0 saturated carbocycles. The van der Waals surface area contributed by atoms with Crippen LogP contribution in [0.4, 0.5) is 0 Å². The van der Waals surface area contributed by atoms with Crippen molar-refractivity contribution in [3.63, 3.8) is 0 Å². The molecule has 102 valence electrons. The van der Waals surface area contributed by atoms with Crippen LogP contribution in [-0.2, 0) is 15.9 Å². The van der Waals surface area contributed by atoms with Crippen molar-refractivity contribution in [2.24, 2.45) is 0 Å². The van der Waals surface area contributed by atoms with Crippen LogP contribution >= 0.6 is 0 Å². The Bertz CT molecular complexity index is 328. The van der Waals surface area contributed by atoms with Crippen LogP contribution < -0.4 is 5.32 Å². The van der Waals surface area contributed by atoms with Gasteiger partial charge in [-0.1, -0.05) is 37.6 Å². The predicted molar refractivity (Wildman–Crippen MR) is 74.9 cm³/mol. The molecule has 1 atom stereocenters. The quantitative estimate of drug-likeness (QED) is 0.684. The standard InChI is InChI=1S/C15H25NO2/c1-4-6-13-7-5-8-14(11-13)15(16-2)12-18-10-9-17-3/h5,7-8,11,15-16H,4,6,9-10,12H2,1-3H3. The van der Waals surface area contributed by atoms with E-state index >= 15 is 0 Å². The molecule has 0 radical (unpaired) electrons. The Kier molecular flexibility index (Phi) is 7.65. The molecule has 0 saturated heterocycles. The summed E-state index contributed by atoms with van der Waals surface area (Å²) in [6, 6.07) is 8.98. The maximum atomic E-state index is 5.59. The minimum Gasteiger partial charge on any atom is -0.382 e. The third-order valence-electron chi connectivity index (χ3n) is 2.96. The monoisotopic (exact) mass is 251 g/mol. The van der Waals surface area contributed by atoms with Crippen molar-refractivity contribution in [1.82, 2.24) is 5.32 Å². The van der Waals surface area contributed by atoms with E-state index in [1.165, 1.54) is 17.5 Å². The number of hydrogen-bond acceptors (Lipinski definition) is 3. The average Bonchev–Trinajstić information content (AvgIpc) is 2.40. The summed E-state index contributed by atoms with van der Waals surface area (Å²) in [6.45, 7) is 4.17. The largest absolute Gasteiger partial charge is 0.382 e. The molecule has 0 aromatic heterocycles. The second-order valence-electron chi connectivity index (χ2n) is 4.40. The van der Waals surface area contributed by atoms with Crippen LogP contribution in [0.2, 0.25) is 0 Å². The van der Waals surface area contributed by atoms with Crippen molar-refractivity contribution in [2.45, 2.75) is 25.8 Å². The fourth-order valence-electron chi connectivity index (χ4n) is 1.94. The molecule has 3 heteroatoms. The first-order valence-corrected chi connectivity index (χ1v) is 6.64. The van der Waals surface area contributed by atoms with Crippen molar-refractivity contribution in [3.8, 4) is 0 Å². The summed E-state index contributed by atoms with van der Waals surface area (Å²) in [7, 11) is 3.66. The average molecular weight is 251 g/mol. The number of likely N-dealkylation sites (N-methyl/N-ethyl adjacent to an activating group) is 1. The van der Waals surface area contributed by atoms with Gasteiger partial charge in [0.05, 0.1) is 25.9 Å². The van der Waals surface area contributed by atoms with Crippen molar-refractivity contribution >= 4 is 0 Å². The van der Waals surface area contributed by atoms with E-state index in [0.29, 0.717) is 19.8 Å². The maximum Gasteiger partial charge on any atom is 0.0701 e. The molecule has 1 rings (SSSR count). The molecule has 18 heavy (non-hydrogen) atoms. The zero-order valence-corrected chi connectivity index (χ0v) is 11.7. The van der Waals surface area contributed by atoms with E-state index in [2.05, 4.69) is 36.5 Å². The van der Waals surface area contributed by atoms with Gasteiger partial charge in [-0.05, 0) is 24.6 Å². The molecular formula is C15H25NO2. The number of rotatable bonds is 9. The van der Waals surface area contributed by atoms with Crippen molar-refractivity contribution in [2.75, 3.05) is 34.0 Å². The van der Waals surface area contributed by atoms with E-state index < -0.39 is 0 Å². The minimum absolute atomic E-state index is 0.249. The highest BCUT2D eigenvalue weighted by molar-refractivity contribution is 5.26. The number of ether oxygens (including phenoxy) is 2. The molecule has 0 spiro atoms. The summed E-state index contributed by atoms with van der Waals surface area (Å²) in [6.07, 6.45) is 2.31. The first-order valence-electron chi connectivity index (χ1n) is 6.64. The third-order valence-corrected chi connectivity index (χ3v) is 2.96. The van der Waals surface area contributed by atoms with Crippen LogP contribution in [0.5, 0.6) is 0 Å². The summed E-state index contributed by atoms with van der Waals surface area (Å²) >= 11 is 0. The van der Waals surface area contributed by atoms with Gasteiger partial charge in [0.15, 0.2) is 0 Å². The maximum absolute atomic E-state index is 5.59. The Morgan fingerprint density at radius 1 is 1.28 bits per heavy atom.